The average Bonchev–Trinajstić information content (AvgIpc) is 2.26. The molecule has 4 nitrogen and oxygen atoms in total. The number of hydrogen-bond donors (Lipinski definition) is 3. The predicted molar refractivity (Wildman–Crippen MR) is 67.0 cm³/mol. The Bertz CT molecular complexity index is 423. The number of aliphatic hydroxyl groups is 1. The van der Waals surface area contributed by atoms with Crippen molar-refractivity contribution >= 4 is 24.0 Å². The van der Waals surface area contributed by atoms with E-state index in [1.54, 1.807) is 0 Å². The first-order chi connectivity index (χ1) is 8.21. The van der Waals surface area contributed by atoms with E-state index in [4.69, 9.17) is 10.8 Å². The van der Waals surface area contributed by atoms with Gasteiger partial charge in [-0.1, -0.05) is 12.1 Å². The molecule has 108 valence electrons. The summed E-state index contributed by atoms with van der Waals surface area (Å²) in [7, 11) is 0. The van der Waals surface area contributed by atoms with Crippen LogP contribution in [0.15, 0.2) is 24.3 Å². The molecule has 0 aromatic heterocycles. The highest BCUT2D eigenvalue weighted by Crippen LogP contribution is 2.29. The van der Waals surface area contributed by atoms with Gasteiger partial charge in [-0.3, -0.25) is 4.79 Å². The number of nitrogens with two attached hydrogens (primary N) is 1. The molecule has 0 aliphatic heterocycles. The molecule has 0 unspecified atom stereocenters. The quantitative estimate of drug-likeness (QED) is 0.799. The van der Waals surface area contributed by atoms with Gasteiger partial charge in [-0.05, 0) is 17.7 Å². The van der Waals surface area contributed by atoms with E-state index >= 15 is 0 Å². The minimum Gasteiger partial charge on any atom is -0.382 e. The zero-order chi connectivity index (χ0) is 13.9. The molecule has 0 fully saturated rings. The lowest BCUT2D eigenvalue weighted by Gasteiger charge is -2.21. The highest BCUT2D eigenvalue weighted by Gasteiger charge is 2.42. The number of anilines is 1. The Labute approximate surface area is 114 Å². The summed E-state index contributed by atoms with van der Waals surface area (Å²) in [5.41, 5.74) is 5.90. The second-order valence-corrected chi connectivity index (χ2v) is 3.82. The van der Waals surface area contributed by atoms with Gasteiger partial charge < -0.3 is 16.2 Å². The molecule has 0 bridgehead atoms. The largest absolute Gasteiger partial charge is 0.416 e. The molecule has 0 aliphatic carbocycles. The molecule has 0 saturated carbocycles. The maximum absolute atomic E-state index is 12.2. The minimum atomic E-state index is -4.77. The summed E-state index contributed by atoms with van der Waals surface area (Å²) in [6.45, 7) is 1.31. The van der Waals surface area contributed by atoms with Gasteiger partial charge in [0.2, 0.25) is 5.91 Å². The number of benzene rings is 1. The summed E-state index contributed by atoms with van der Waals surface area (Å²) in [5.74, 6) is -0.289. The maximum atomic E-state index is 12.2. The van der Waals surface area contributed by atoms with Crippen LogP contribution in [-0.2, 0) is 4.79 Å². The van der Waals surface area contributed by atoms with Crippen molar-refractivity contribution in [3.63, 3.8) is 0 Å². The van der Waals surface area contributed by atoms with Gasteiger partial charge in [-0.25, -0.2) is 0 Å². The summed E-state index contributed by atoms with van der Waals surface area (Å²) in [5, 5.41) is 11.5. The Kier molecular flexibility index (Phi) is 6.28. The second kappa shape index (κ2) is 6.74. The van der Waals surface area contributed by atoms with Crippen LogP contribution in [0.2, 0.25) is 0 Å². The van der Waals surface area contributed by atoms with Crippen LogP contribution in [0.4, 0.5) is 18.9 Å². The fourth-order valence-electron chi connectivity index (χ4n) is 1.38. The molecule has 1 amide bonds. The summed E-state index contributed by atoms with van der Waals surface area (Å²) >= 11 is 0. The van der Waals surface area contributed by atoms with Crippen molar-refractivity contribution in [2.45, 2.75) is 25.2 Å². The Morgan fingerprint density at radius 3 is 2.16 bits per heavy atom. The van der Waals surface area contributed by atoms with E-state index in [1.807, 2.05) is 0 Å². The highest BCUT2D eigenvalue weighted by molar-refractivity contribution is 5.88. The number of carbonyl (C=O) groups is 1. The maximum Gasteiger partial charge on any atom is 0.416 e. The molecule has 19 heavy (non-hydrogen) atoms. The molecule has 0 spiro atoms. The first kappa shape index (κ1) is 17.7. The van der Waals surface area contributed by atoms with Gasteiger partial charge in [0.15, 0.2) is 6.10 Å². The van der Waals surface area contributed by atoms with Gasteiger partial charge in [0.25, 0.3) is 0 Å². The molecule has 0 radical (unpaired) electrons. The number of nitrogens with one attached hydrogen (secondary N) is 1. The van der Waals surface area contributed by atoms with Gasteiger partial charge in [-0.15, -0.1) is 12.4 Å². The molecule has 8 heteroatoms. The van der Waals surface area contributed by atoms with Crippen LogP contribution < -0.4 is 11.1 Å². The third-order valence-electron chi connectivity index (χ3n) is 2.29. The van der Waals surface area contributed by atoms with Crippen LogP contribution >= 0.6 is 12.4 Å². The van der Waals surface area contributed by atoms with Crippen molar-refractivity contribution in [2.24, 2.45) is 5.73 Å². The molecule has 0 saturated heterocycles. The predicted octanol–water partition coefficient (Wildman–Crippen LogP) is 1.99. The SMILES string of the molecule is CC(=O)Nc1ccc([C@@H](N)[C@@H](O)C(F)(F)F)cc1.Cl. The van der Waals surface area contributed by atoms with E-state index < -0.39 is 18.3 Å². The second-order valence-electron chi connectivity index (χ2n) is 3.82. The lowest BCUT2D eigenvalue weighted by atomic mass is 10.0. The Balaban J connectivity index is 0.00000324. The smallest absolute Gasteiger partial charge is 0.382 e. The zero-order valence-corrected chi connectivity index (χ0v) is 10.8. The van der Waals surface area contributed by atoms with E-state index in [9.17, 15) is 18.0 Å². The monoisotopic (exact) mass is 298 g/mol. The van der Waals surface area contributed by atoms with Crippen molar-refractivity contribution in [2.75, 3.05) is 5.32 Å². The van der Waals surface area contributed by atoms with Gasteiger partial charge in [-0.2, -0.15) is 13.2 Å². The van der Waals surface area contributed by atoms with Crippen molar-refractivity contribution in [1.29, 1.82) is 0 Å². The van der Waals surface area contributed by atoms with Crippen LogP contribution in [-0.4, -0.2) is 23.3 Å². The van der Waals surface area contributed by atoms with E-state index in [0.717, 1.165) is 0 Å². The van der Waals surface area contributed by atoms with Crippen LogP contribution in [0.25, 0.3) is 0 Å². The topological polar surface area (TPSA) is 75.4 Å². The van der Waals surface area contributed by atoms with Gasteiger partial charge in [0.05, 0.1) is 6.04 Å². The number of amides is 1. The van der Waals surface area contributed by atoms with Crippen LogP contribution in [0.1, 0.15) is 18.5 Å². The van der Waals surface area contributed by atoms with Gasteiger partial charge in [0, 0.05) is 12.6 Å². The van der Waals surface area contributed by atoms with Crippen LogP contribution in [0.3, 0.4) is 0 Å². The van der Waals surface area contributed by atoms with Crippen LogP contribution in [0, 0.1) is 0 Å². The van der Waals surface area contributed by atoms with Crippen molar-refractivity contribution in [1.82, 2.24) is 0 Å². The molecule has 0 aliphatic rings. The summed E-state index contributed by atoms with van der Waals surface area (Å²) in [4.78, 5) is 10.7. The zero-order valence-electron chi connectivity index (χ0n) is 9.94. The fourth-order valence-corrected chi connectivity index (χ4v) is 1.38. The number of hydrogen-bond acceptors (Lipinski definition) is 3. The molecule has 4 N–H and O–H groups in total. The summed E-state index contributed by atoms with van der Waals surface area (Å²) in [6, 6.07) is 3.92. The minimum absolute atomic E-state index is 0. The molecule has 1 aromatic rings. The van der Waals surface area contributed by atoms with Crippen LogP contribution in [0.5, 0.6) is 0 Å². The van der Waals surface area contributed by atoms with E-state index in [0.29, 0.717) is 5.69 Å². The first-order valence-corrected chi connectivity index (χ1v) is 5.09. The van der Waals surface area contributed by atoms with E-state index in [1.165, 1.54) is 31.2 Å². The molecule has 1 rings (SSSR count). The Hall–Kier alpha value is -1.31. The highest BCUT2D eigenvalue weighted by atomic mass is 35.5. The standard InChI is InChI=1S/C11H13F3N2O2.ClH/c1-6(17)16-8-4-2-7(3-5-8)9(15)10(18)11(12,13)14;/h2-5,9-10,18H,15H2,1H3,(H,16,17);1H/t9-,10-;/m1./s1. The van der Waals surface area contributed by atoms with Crippen molar-refractivity contribution in [3.8, 4) is 0 Å². The summed E-state index contributed by atoms with van der Waals surface area (Å²) in [6.07, 6.45) is -7.39. The first-order valence-electron chi connectivity index (χ1n) is 5.09. The number of rotatable bonds is 3. The normalized spacial score (nSPS) is 14.2. The molecule has 0 heterocycles. The number of alkyl halides is 3. The molecule has 1 aromatic carbocycles. The number of aliphatic hydroxyl groups excluding tert-OH is 1. The lowest BCUT2D eigenvalue weighted by molar-refractivity contribution is -0.210. The Morgan fingerprint density at radius 1 is 1.32 bits per heavy atom. The van der Waals surface area contributed by atoms with Crippen molar-refractivity contribution < 1.29 is 23.1 Å². The number of halogens is 4. The molecular formula is C11H14ClF3N2O2. The van der Waals surface area contributed by atoms with E-state index in [2.05, 4.69) is 5.32 Å². The number of carbonyl (C=O) groups excluding carboxylic acids is 1. The molecular weight excluding hydrogens is 285 g/mol. The van der Waals surface area contributed by atoms with Gasteiger partial charge in [0.1, 0.15) is 0 Å². The third kappa shape index (κ3) is 5.06. The summed E-state index contributed by atoms with van der Waals surface area (Å²) < 4.78 is 36.7. The fraction of sp³-hybridized carbons (Fsp3) is 0.364. The van der Waals surface area contributed by atoms with Gasteiger partial charge >= 0.3 is 6.18 Å². The lowest BCUT2D eigenvalue weighted by Crippen LogP contribution is -2.38. The van der Waals surface area contributed by atoms with Crippen molar-refractivity contribution in [3.05, 3.63) is 29.8 Å². The molecule has 2 atom stereocenters. The third-order valence-corrected chi connectivity index (χ3v) is 2.29. The average molecular weight is 299 g/mol. The van der Waals surface area contributed by atoms with E-state index in [-0.39, 0.29) is 23.9 Å². The Morgan fingerprint density at radius 2 is 1.79 bits per heavy atom.